The molecule has 0 spiro atoms. The van der Waals surface area contributed by atoms with Gasteiger partial charge in [-0.2, -0.15) is 13.2 Å². The Morgan fingerprint density at radius 3 is 2.57 bits per heavy atom. The number of aromatic nitrogens is 2. The molecule has 0 unspecified atom stereocenters. The summed E-state index contributed by atoms with van der Waals surface area (Å²) in [4.78, 5) is 14.1. The van der Waals surface area contributed by atoms with Crippen LogP contribution in [0, 0.1) is 0 Å². The predicted octanol–water partition coefficient (Wildman–Crippen LogP) is 1.81. The average Bonchev–Trinajstić information content (AvgIpc) is 2.44. The SMILES string of the molecule is O=C1CC(n2cncc2C(F)(F)F)C1. The highest BCUT2D eigenvalue weighted by Crippen LogP contribution is 2.35. The van der Waals surface area contributed by atoms with Crippen molar-refractivity contribution < 1.29 is 18.0 Å². The largest absolute Gasteiger partial charge is 0.433 e. The number of carbonyl (C=O) groups excluding carboxylic acids is 1. The normalized spacial score (nSPS) is 18.4. The molecule has 14 heavy (non-hydrogen) atoms. The van der Waals surface area contributed by atoms with Gasteiger partial charge in [0.25, 0.3) is 0 Å². The van der Waals surface area contributed by atoms with E-state index in [9.17, 15) is 18.0 Å². The first-order valence-electron chi connectivity index (χ1n) is 4.09. The summed E-state index contributed by atoms with van der Waals surface area (Å²) >= 11 is 0. The van der Waals surface area contributed by atoms with Crippen molar-refractivity contribution in [3.05, 3.63) is 18.2 Å². The second-order valence-electron chi connectivity index (χ2n) is 3.28. The Balaban J connectivity index is 2.26. The van der Waals surface area contributed by atoms with Gasteiger partial charge >= 0.3 is 6.18 Å². The molecule has 1 aliphatic rings. The number of halogens is 3. The zero-order chi connectivity index (χ0) is 10.3. The van der Waals surface area contributed by atoms with Crippen LogP contribution in [0.15, 0.2) is 12.5 Å². The van der Waals surface area contributed by atoms with E-state index in [-0.39, 0.29) is 24.7 Å². The molecule has 0 bridgehead atoms. The number of carbonyl (C=O) groups is 1. The molecule has 1 aromatic rings. The third-order valence-electron chi connectivity index (χ3n) is 2.28. The summed E-state index contributed by atoms with van der Waals surface area (Å²) in [7, 11) is 0. The molecule has 2 rings (SSSR count). The number of rotatable bonds is 1. The minimum Gasteiger partial charge on any atom is -0.323 e. The van der Waals surface area contributed by atoms with Crippen LogP contribution in [-0.4, -0.2) is 15.3 Å². The molecule has 1 aromatic heterocycles. The first-order valence-corrected chi connectivity index (χ1v) is 4.09. The summed E-state index contributed by atoms with van der Waals surface area (Å²) in [5.74, 6) is -0.00294. The fraction of sp³-hybridized carbons (Fsp3) is 0.500. The summed E-state index contributed by atoms with van der Waals surface area (Å²) in [6.45, 7) is 0. The second kappa shape index (κ2) is 2.83. The van der Waals surface area contributed by atoms with Crippen molar-refractivity contribution in [2.45, 2.75) is 25.1 Å². The zero-order valence-corrected chi connectivity index (χ0v) is 7.08. The molecule has 0 radical (unpaired) electrons. The number of hydrogen-bond acceptors (Lipinski definition) is 2. The second-order valence-corrected chi connectivity index (χ2v) is 3.28. The quantitative estimate of drug-likeness (QED) is 0.699. The molecule has 0 aromatic carbocycles. The van der Waals surface area contributed by atoms with E-state index in [1.54, 1.807) is 0 Å². The van der Waals surface area contributed by atoms with Gasteiger partial charge in [-0.25, -0.2) is 4.98 Å². The number of hydrogen-bond donors (Lipinski definition) is 0. The first kappa shape index (κ1) is 9.23. The average molecular weight is 204 g/mol. The van der Waals surface area contributed by atoms with Crippen molar-refractivity contribution in [2.24, 2.45) is 0 Å². The molecule has 0 atom stereocenters. The molecule has 0 saturated heterocycles. The van der Waals surface area contributed by atoms with Gasteiger partial charge in [0, 0.05) is 18.9 Å². The maximum Gasteiger partial charge on any atom is 0.433 e. The fourth-order valence-electron chi connectivity index (χ4n) is 1.48. The molecule has 1 fully saturated rings. The van der Waals surface area contributed by atoms with Gasteiger partial charge in [0.2, 0.25) is 0 Å². The third-order valence-corrected chi connectivity index (χ3v) is 2.28. The van der Waals surface area contributed by atoms with Gasteiger partial charge in [0.05, 0.1) is 12.5 Å². The smallest absolute Gasteiger partial charge is 0.323 e. The summed E-state index contributed by atoms with van der Waals surface area (Å²) in [6.07, 6.45) is -2.13. The maximum atomic E-state index is 12.4. The van der Waals surface area contributed by atoms with Gasteiger partial charge in [-0.1, -0.05) is 0 Å². The standard InChI is InChI=1S/C8H7F3N2O/c9-8(10,11)7-3-12-4-13(7)5-1-6(14)2-5/h3-5H,1-2H2. The van der Waals surface area contributed by atoms with Gasteiger partial charge in [-0.15, -0.1) is 0 Å². The van der Waals surface area contributed by atoms with Crippen LogP contribution in [0.3, 0.4) is 0 Å². The number of imidazole rings is 1. The van der Waals surface area contributed by atoms with E-state index in [0.29, 0.717) is 0 Å². The number of alkyl halides is 3. The Hall–Kier alpha value is -1.33. The molecule has 0 N–H and O–H groups in total. The number of nitrogens with zero attached hydrogens (tertiary/aromatic N) is 2. The third kappa shape index (κ3) is 1.40. The highest BCUT2D eigenvalue weighted by atomic mass is 19.4. The van der Waals surface area contributed by atoms with E-state index >= 15 is 0 Å². The number of Topliss-reactive ketones (excluding diaryl/α,β-unsaturated/α-hetero) is 1. The van der Waals surface area contributed by atoms with Crippen LogP contribution in [0.2, 0.25) is 0 Å². The molecule has 3 nitrogen and oxygen atoms in total. The van der Waals surface area contributed by atoms with Crippen molar-refractivity contribution in [3.63, 3.8) is 0 Å². The summed E-state index contributed by atoms with van der Waals surface area (Å²) < 4.78 is 38.1. The Morgan fingerprint density at radius 2 is 2.07 bits per heavy atom. The Kier molecular flexibility index (Phi) is 1.87. The summed E-state index contributed by atoms with van der Waals surface area (Å²) in [5, 5.41) is 0. The molecular formula is C8H7F3N2O. The lowest BCUT2D eigenvalue weighted by molar-refractivity contribution is -0.146. The van der Waals surface area contributed by atoms with Crippen LogP contribution in [0.1, 0.15) is 24.6 Å². The van der Waals surface area contributed by atoms with Crippen molar-refractivity contribution in [1.82, 2.24) is 9.55 Å². The lowest BCUT2D eigenvalue weighted by Gasteiger charge is -2.27. The van der Waals surface area contributed by atoms with Gasteiger partial charge in [0.1, 0.15) is 11.5 Å². The Labute approximate surface area is 77.5 Å². The minimum atomic E-state index is -4.39. The molecule has 0 amide bonds. The summed E-state index contributed by atoms with van der Waals surface area (Å²) in [6, 6.07) is -0.360. The van der Waals surface area contributed by atoms with Crippen molar-refractivity contribution in [3.8, 4) is 0 Å². The van der Waals surface area contributed by atoms with Crippen LogP contribution in [-0.2, 0) is 11.0 Å². The lowest BCUT2D eigenvalue weighted by atomic mass is 9.91. The molecule has 0 aliphatic heterocycles. The minimum absolute atomic E-state index is 0.00294. The Morgan fingerprint density at radius 1 is 1.43 bits per heavy atom. The van der Waals surface area contributed by atoms with Crippen LogP contribution in [0.25, 0.3) is 0 Å². The maximum absolute atomic E-state index is 12.4. The molecule has 6 heteroatoms. The van der Waals surface area contributed by atoms with Crippen LogP contribution < -0.4 is 0 Å². The van der Waals surface area contributed by atoms with Crippen molar-refractivity contribution in [2.75, 3.05) is 0 Å². The van der Waals surface area contributed by atoms with E-state index in [1.165, 1.54) is 0 Å². The highest BCUT2D eigenvalue weighted by Gasteiger charge is 2.39. The molecule has 1 saturated carbocycles. The van der Waals surface area contributed by atoms with Crippen molar-refractivity contribution >= 4 is 5.78 Å². The molecule has 1 aliphatic carbocycles. The van der Waals surface area contributed by atoms with Gasteiger partial charge in [0.15, 0.2) is 0 Å². The van der Waals surface area contributed by atoms with Crippen LogP contribution >= 0.6 is 0 Å². The monoisotopic (exact) mass is 204 g/mol. The van der Waals surface area contributed by atoms with E-state index in [2.05, 4.69) is 4.98 Å². The highest BCUT2D eigenvalue weighted by molar-refractivity contribution is 5.85. The van der Waals surface area contributed by atoms with E-state index in [4.69, 9.17) is 0 Å². The van der Waals surface area contributed by atoms with E-state index < -0.39 is 11.9 Å². The van der Waals surface area contributed by atoms with Gasteiger partial charge < -0.3 is 4.57 Å². The van der Waals surface area contributed by atoms with Gasteiger partial charge in [-0.3, -0.25) is 4.79 Å². The first-order chi connectivity index (χ1) is 6.48. The molecule has 76 valence electrons. The summed E-state index contributed by atoms with van der Waals surface area (Å²) in [5.41, 5.74) is -0.782. The fourth-order valence-corrected chi connectivity index (χ4v) is 1.48. The van der Waals surface area contributed by atoms with Crippen LogP contribution in [0.5, 0.6) is 0 Å². The van der Waals surface area contributed by atoms with Crippen LogP contribution in [0.4, 0.5) is 13.2 Å². The lowest BCUT2D eigenvalue weighted by Crippen LogP contribution is -2.29. The van der Waals surface area contributed by atoms with E-state index in [0.717, 1.165) is 17.1 Å². The van der Waals surface area contributed by atoms with Crippen molar-refractivity contribution in [1.29, 1.82) is 0 Å². The van der Waals surface area contributed by atoms with Gasteiger partial charge in [-0.05, 0) is 0 Å². The number of ketones is 1. The Bertz CT molecular complexity index is 361. The molecule has 1 heterocycles. The van der Waals surface area contributed by atoms with E-state index in [1.807, 2.05) is 0 Å². The predicted molar refractivity (Wildman–Crippen MR) is 40.5 cm³/mol. The molecular weight excluding hydrogens is 197 g/mol. The topological polar surface area (TPSA) is 34.9 Å². The zero-order valence-electron chi connectivity index (χ0n) is 7.08.